The number of hydrogen-bond donors (Lipinski definition) is 2. The first-order valence-electron chi connectivity index (χ1n) is 6.76. The van der Waals surface area contributed by atoms with E-state index in [1.54, 1.807) is 6.20 Å². The van der Waals surface area contributed by atoms with Gasteiger partial charge in [-0.1, -0.05) is 0 Å². The summed E-state index contributed by atoms with van der Waals surface area (Å²) < 4.78 is 0. The highest BCUT2D eigenvalue weighted by Crippen LogP contribution is 2.22. The minimum atomic E-state index is -0.126. The summed E-state index contributed by atoms with van der Waals surface area (Å²) in [5, 5.41) is 14.3. The Morgan fingerprint density at radius 3 is 2.95 bits per heavy atom. The van der Waals surface area contributed by atoms with E-state index in [1.807, 2.05) is 12.3 Å². The minimum absolute atomic E-state index is 0.00978. The number of likely N-dealkylation sites (tertiary alicyclic amines) is 1. The molecule has 1 aromatic heterocycles. The molecule has 2 heterocycles. The lowest BCUT2D eigenvalue weighted by Crippen LogP contribution is -2.46. The second-order valence-corrected chi connectivity index (χ2v) is 5.89. The van der Waals surface area contributed by atoms with Gasteiger partial charge in [-0.2, -0.15) is 0 Å². The van der Waals surface area contributed by atoms with Gasteiger partial charge in [-0.3, -0.25) is 9.69 Å². The van der Waals surface area contributed by atoms with Gasteiger partial charge in [0.25, 0.3) is 0 Å². The van der Waals surface area contributed by atoms with E-state index >= 15 is 0 Å². The Bertz CT molecular complexity index is 389. The molecule has 1 fully saturated rings. The molecule has 5 nitrogen and oxygen atoms in total. The van der Waals surface area contributed by atoms with Crippen molar-refractivity contribution in [3.8, 4) is 0 Å². The smallest absolute Gasteiger partial charge is 0.243 e. The molecule has 0 saturated carbocycles. The van der Waals surface area contributed by atoms with Crippen LogP contribution >= 0.6 is 11.3 Å². The first kappa shape index (κ1) is 14.4. The highest BCUT2D eigenvalue weighted by Gasteiger charge is 2.26. The number of aliphatic hydroxyl groups excluding tert-OH is 1. The second kappa shape index (κ2) is 6.98. The quantitative estimate of drug-likeness (QED) is 0.861. The van der Waals surface area contributed by atoms with Crippen LogP contribution in [0.5, 0.6) is 0 Å². The maximum atomic E-state index is 12.1. The third-order valence-corrected chi connectivity index (χ3v) is 4.46. The summed E-state index contributed by atoms with van der Waals surface area (Å²) in [6, 6.07) is -0.126. The van der Waals surface area contributed by atoms with E-state index in [0.717, 1.165) is 32.4 Å². The van der Waals surface area contributed by atoms with Crippen molar-refractivity contribution in [2.45, 2.75) is 32.2 Å². The largest absolute Gasteiger partial charge is 0.396 e. The van der Waals surface area contributed by atoms with Gasteiger partial charge in [0.05, 0.1) is 6.04 Å². The topological polar surface area (TPSA) is 65.5 Å². The number of carbonyl (C=O) groups is 1. The van der Waals surface area contributed by atoms with Gasteiger partial charge in [0.1, 0.15) is 0 Å². The van der Waals surface area contributed by atoms with Gasteiger partial charge in [0, 0.05) is 18.2 Å². The number of piperidine rings is 1. The molecule has 106 valence electrons. The number of nitrogens with zero attached hydrogens (tertiary/aromatic N) is 2. The zero-order valence-electron chi connectivity index (χ0n) is 11.2. The number of hydrogen-bond acceptors (Lipinski definition) is 5. The van der Waals surface area contributed by atoms with Crippen LogP contribution in [0.1, 0.15) is 26.2 Å². The molecule has 2 N–H and O–H groups in total. The van der Waals surface area contributed by atoms with Gasteiger partial charge in [0.2, 0.25) is 5.91 Å². The van der Waals surface area contributed by atoms with E-state index in [9.17, 15) is 4.79 Å². The Balaban J connectivity index is 1.80. The molecule has 2 rings (SSSR count). The van der Waals surface area contributed by atoms with Gasteiger partial charge in [-0.25, -0.2) is 4.98 Å². The Labute approximate surface area is 117 Å². The molecule has 1 aromatic rings. The van der Waals surface area contributed by atoms with E-state index in [-0.39, 0.29) is 18.6 Å². The number of carbonyl (C=O) groups excluding carboxylic acids is 1. The van der Waals surface area contributed by atoms with E-state index < -0.39 is 0 Å². The summed E-state index contributed by atoms with van der Waals surface area (Å²) in [5.41, 5.74) is 0. The number of amides is 1. The van der Waals surface area contributed by atoms with Crippen molar-refractivity contribution in [2.75, 3.05) is 25.0 Å². The lowest BCUT2D eigenvalue weighted by Gasteiger charge is -2.35. The number of rotatable bonds is 5. The molecule has 0 radical (unpaired) electrons. The standard InChI is InChI=1S/C13H21N3O2S/c1-10(12(18)15-13-14-5-9-19-13)16-6-2-11(3-7-16)4-8-17/h5,9-11,17H,2-4,6-8H2,1H3,(H,14,15,18). The zero-order chi connectivity index (χ0) is 13.7. The fraction of sp³-hybridized carbons (Fsp3) is 0.692. The molecular weight excluding hydrogens is 262 g/mol. The van der Waals surface area contributed by atoms with Gasteiger partial charge in [-0.05, 0) is 45.2 Å². The van der Waals surface area contributed by atoms with Crippen LogP contribution < -0.4 is 5.32 Å². The summed E-state index contributed by atoms with van der Waals surface area (Å²) >= 11 is 1.43. The van der Waals surface area contributed by atoms with Crippen LogP contribution in [0, 0.1) is 5.92 Å². The van der Waals surface area contributed by atoms with Gasteiger partial charge >= 0.3 is 0 Å². The SMILES string of the molecule is CC(C(=O)Nc1nccs1)N1CCC(CCO)CC1. The summed E-state index contributed by atoms with van der Waals surface area (Å²) in [5.74, 6) is 0.617. The van der Waals surface area contributed by atoms with Crippen molar-refractivity contribution in [1.29, 1.82) is 0 Å². The van der Waals surface area contributed by atoms with Gasteiger partial charge < -0.3 is 10.4 Å². The van der Waals surface area contributed by atoms with Crippen molar-refractivity contribution >= 4 is 22.4 Å². The Hall–Kier alpha value is -0.980. The molecule has 0 aromatic carbocycles. The lowest BCUT2D eigenvalue weighted by molar-refractivity contribution is -0.121. The average molecular weight is 283 g/mol. The molecule has 1 atom stereocenters. The van der Waals surface area contributed by atoms with Crippen molar-refractivity contribution in [1.82, 2.24) is 9.88 Å². The third kappa shape index (κ3) is 3.99. The van der Waals surface area contributed by atoms with Gasteiger partial charge in [0.15, 0.2) is 5.13 Å². The van der Waals surface area contributed by atoms with E-state index in [0.29, 0.717) is 11.0 Å². The van der Waals surface area contributed by atoms with Crippen molar-refractivity contribution in [3.63, 3.8) is 0 Å². The third-order valence-electron chi connectivity index (χ3n) is 3.78. The van der Waals surface area contributed by atoms with Crippen LogP contribution in [-0.2, 0) is 4.79 Å². The highest BCUT2D eigenvalue weighted by molar-refractivity contribution is 7.13. The summed E-state index contributed by atoms with van der Waals surface area (Å²) in [7, 11) is 0. The van der Waals surface area contributed by atoms with Crippen molar-refractivity contribution in [2.24, 2.45) is 5.92 Å². The van der Waals surface area contributed by atoms with Crippen LogP contribution in [0.15, 0.2) is 11.6 Å². The number of anilines is 1. The average Bonchev–Trinajstić information content (AvgIpc) is 2.92. The van der Waals surface area contributed by atoms with E-state index in [1.165, 1.54) is 11.3 Å². The zero-order valence-corrected chi connectivity index (χ0v) is 12.0. The van der Waals surface area contributed by atoms with Crippen molar-refractivity contribution < 1.29 is 9.90 Å². The first-order chi connectivity index (χ1) is 9.20. The Morgan fingerprint density at radius 1 is 1.63 bits per heavy atom. The number of aromatic nitrogens is 1. The highest BCUT2D eigenvalue weighted by atomic mass is 32.1. The molecule has 0 spiro atoms. The molecule has 1 unspecified atom stereocenters. The predicted molar refractivity (Wildman–Crippen MR) is 76.2 cm³/mol. The maximum Gasteiger partial charge on any atom is 0.243 e. The van der Waals surface area contributed by atoms with Crippen LogP contribution in [0.4, 0.5) is 5.13 Å². The fourth-order valence-electron chi connectivity index (χ4n) is 2.47. The molecule has 1 amide bonds. The molecule has 1 aliphatic rings. The molecule has 1 aliphatic heterocycles. The number of aliphatic hydroxyl groups is 1. The monoisotopic (exact) mass is 283 g/mol. The van der Waals surface area contributed by atoms with Crippen LogP contribution in [-0.4, -0.2) is 46.6 Å². The molecule has 6 heteroatoms. The second-order valence-electron chi connectivity index (χ2n) is 4.99. The molecule has 1 saturated heterocycles. The van der Waals surface area contributed by atoms with Crippen LogP contribution in [0.25, 0.3) is 0 Å². The van der Waals surface area contributed by atoms with Gasteiger partial charge in [-0.15, -0.1) is 11.3 Å². The molecular formula is C13H21N3O2S. The predicted octanol–water partition coefficient (Wildman–Crippen LogP) is 1.56. The normalized spacial score (nSPS) is 19.3. The minimum Gasteiger partial charge on any atom is -0.396 e. The molecule has 19 heavy (non-hydrogen) atoms. The van der Waals surface area contributed by atoms with Crippen LogP contribution in [0.3, 0.4) is 0 Å². The van der Waals surface area contributed by atoms with E-state index in [4.69, 9.17) is 5.11 Å². The van der Waals surface area contributed by atoms with E-state index in [2.05, 4.69) is 15.2 Å². The Morgan fingerprint density at radius 2 is 2.37 bits per heavy atom. The maximum absolute atomic E-state index is 12.1. The summed E-state index contributed by atoms with van der Waals surface area (Å²) in [6.45, 7) is 4.06. The summed E-state index contributed by atoms with van der Waals surface area (Å²) in [4.78, 5) is 18.4. The van der Waals surface area contributed by atoms with Crippen molar-refractivity contribution in [3.05, 3.63) is 11.6 Å². The number of thiazole rings is 1. The lowest BCUT2D eigenvalue weighted by atomic mass is 9.93. The summed E-state index contributed by atoms with van der Waals surface area (Å²) in [6.07, 6.45) is 4.70. The fourth-order valence-corrected chi connectivity index (χ4v) is 3.00. The number of nitrogens with one attached hydrogen (secondary N) is 1. The molecule has 0 aliphatic carbocycles. The first-order valence-corrected chi connectivity index (χ1v) is 7.64. The van der Waals surface area contributed by atoms with Crippen LogP contribution in [0.2, 0.25) is 0 Å². The Kier molecular flexibility index (Phi) is 5.30. The molecule has 0 bridgehead atoms.